The lowest BCUT2D eigenvalue weighted by Gasteiger charge is -2.05. The molecule has 0 atom stereocenters. The molecule has 0 aromatic heterocycles. The van der Waals surface area contributed by atoms with E-state index in [0.717, 1.165) is 0 Å². The first kappa shape index (κ1) is 21.1. The van der Waals surface area contributed by atoms with Crippen molar-refractivity contribution in [3.8, 4) is 0 Å². The van der Waals surface area contributed by atoms with Crippen molar-refractivity contribution < 1.29 is 9.47 Å². The molecule has 100 valence electrons. The minimum absolute atomic E-state index is 0.181. The highest BCUT2D eigenvalue weighted by atomic mass is 16.7. The van der Waals surface area contributed by atoms with Crippen LogP contribution in [0.4, 0.5) is 0 Å². The van der Waals surface area contributed by atoms with E-state index in [0.29, 0.717) is 0 Å². The monoisotopic (exact) mass is 241 g/mol. The van der Waals surface area contributed by atoms with Crippen molar-refractivity contribution >= 4 is 6.21 Å². The third-order valence-corrected chi connectivity index (χ3v) is 1.28. The Morgan fingerprint density at radius 2 is 1.59 bits per heavy atom. The molecule has 0 aliphatic heterocycles. The van der Waals surface area contributed by atoms with Gasteiger partial charge in [-0.3, -0.25) is 4.99 Å². The van der Waals surface area contributed by atoms with Crippen molar-refractivity contribution in [2.24, 2.45) is 4.99 Å². The predicted octanol–water partition coefficient (Wildman–Crippen LogP) is 3.98. The highest BCUT2D eigenvalue weighted by molar-refractivity contribution is 5.71. The molecule has 3 heteroatoms. The lowest BCUT2D eigenvalue weighted by molar-refractivity contribution is -0.0666. The van der Waals surface area contributed by atoms with Crippen LogP contribution in [0.1, 0.15) is 27.7 Å². The SMILES string of the molecule is C/C=C/C(OC)OC.C=CN=C/C=C\C.CC. The van der Waals surface area contributed by atoms with Crippen molar-refractivity contribution in [3.63, 3.8) is 0 Å². The number of allylic oxidation sites excluding steroid dienone is 3. The molecule has 0 spiro atoms. The molecule has 0 aromatic rings. The Morgan fingerprint density at radius 3 is 1.82 bits per heavy atom. The van der Waals surface area contributed by atoms with Gasteiger partial charge in [-0.25, -0.2) is 0 Å². The van der Waals surface area contributed by atoms with Crippen molar-refractivity contribution in [1.29, 1.82) is 0 Å². The molecule has 0 fully saturated rings. The molecule has 3 nitrogen and oxygen atoms in total. The first-order valence-corrected chi connectivity index (χ1v) is 5.70. The second-order valence-corrected chi connectivity index (χ2v) is 2.37. The fourth-order valence-electron chi connectivity index (χ4n) is 0.607. The summed E-state index contributed by atoms with van der Waals surface area (Å²) in [5.74, 6) is 0. The van der Waals surface area contributed by atoms with Gasteiger partial charge in [0.1, 0.15) is 0 Å². The standard InChI is InChI=1S/C6H9N.C6H12O2.C2H6/c1-3-5-6-7-4-2;1-4-5-6(7-2)8-3;1-2/h3-6H,2H2,1H3;4-6H,1-3H3;1-2H3/b5-3-,7-6?;5-4+;. The second kappa shape index (κ2) is 24.2. The van der Waals surface area contributed by atoms with Crippen LogP contribution in [-0.2, 0) is 9.47 Å². The van der Waals surface area contributed by atoms with Gasteiger partial charge in [-0.05, 0) is 26.0 Å². The maximum absolute atomic E-state index is 4.83. The normalized spacial score (nSPS) is 10.3. The molecule has 0 unspecified atom stereocenters. The number of methoxy groups -OCH3 is 2. The van der Waals surface area contributed by atoms with E-state index < -0.39 is 0 Å². The zero-order valence-corrected chi connectivity index (χ0v) is 12.0. The lowest BCUT2D eigenvalue weighted by atomic mass is 10.5. The van der Waals surface area contributed by atoms with E-state index in [2.05, 4.69) is 11.6 Å². The molecule has 0 rings (SSSR count). The third kappa shape index (κ3) is 25.3. The number of ether oxygens (including phenoxy) is 2. The van der Waals surface area contributed by atoms with Gasteiger partial charge in [0.2, 0.25) is 0 Å². The van der Waals surface area contributed by atoms with Crippen LogP contribution >= 0.6 is 0 Å². The van der Waals surface area contributed by atoms with Gasteiger partial charge in [-0.15, -0.1) is 0 Å². The van der Waals surface area contributed by atoms with Crippen LogP contribution in [0, 0.1) is 0 Å². The summed E-state index contributed by atoms with van der Waals surface area (Å²) in [5.41, 5.74) is 0. The van der Waals surface area contributed by atoms with E-state index in [1.807, 2.05) is 52.0 Å². The first-order chi connectivity index (χ1) is 8.26. The second-order valence-electron chi connectivity index (χ2n) is 2.37. The van der Waals surface area contributed by atoms with Gasteiger partial charge in [0.15, 0.2) is 6.29 Å². The van der Waals surface area contributed by atoms with Gasteiger partial charge in [-0.2, -0.15) is 0 Å². The topological polar surface area (TPSA) is 30.8 Å². The van der Waals surface area contributed by atoms with Gasteiger partial charge in [0.05, 0.1) is 0 Å². The van der Waals surface area contributed by atoms with E-state index in [-0.39, 0.29) is 6.29 Å². The van der Waals surface area contributed by atoms with Crippen LogP contribution in [0.5, 0.6) is 0 Å². The van der Waals surface area contributed by atoms with Gasteiger partial charge < -0.3 is 9.47 Å². The Kier molecular flexibility index (Phi) is 30.0. The summed E-state index contributed by atoms with van der Waals surface area (Å²) in [6, 6.07) is 0. The molecule has 0 bridgehead atoms. The number of hydrogen-bond donors (Lipinski definition) is 0. The maximum Gasteiger partial charge on any atom is 0.176 e. The molecular weight excluding hydrogens is 214 g/mol. The quantitative estimate of drug-likeness (QED) is 0.414. The molecule has 0 aromatic carbocycles. The fourth-order valence-corrected chi connectivity index (χ4v) is 0.607. The molecular formula is C14H27NO2. The van der Waals surface area contributed by atoms with E-state index in [1.54, 1.807) is 20.4 Å². The van der Waals surface area contributed by atoms with Crippen molar-refractivity contribution in [1.82, 2.24) is 0 Å². The molecule has 0 aliphatic rings. The molecule has 0 amide bonds. The average molecular weight is 241 g/mol. The van der Waals surface area contributed by atoms with Crippen molar-refractivity contribution in [3.05, 3.63) is 37.1 Å². The number of hydrogen-bond acceptors (Lipinski definition) is 3. The summed E-state index contributed by atoms with van der Waals surface area (Å²) in [6.45, 7) is 11.3. The molecule has 0 heterocycles. The largest absolute Gasteiger partial charge is 0.352 e. The Morgan fingerprint density at radius 1 is 1.06 bits per heavy atom. The lowest BCUT2D eigenvalue weighted by Crippen LogP contribution is -2.07. The average Bonchev–Trinajstić information content (AvgIpc) is 2.40. The zero-order chi connectivity index (χ0) is 13.9. The van der Waals surface area contributed by atoms with Crippen molar-refractivity contribution in [2.75, 3.05) is 14.2 Å². The molecule has 17 heavy (non-hydrogen) atoms. The Balaban J connectivity index is -0.000000202. The summed E-state index contributed by atoms with van der Waals surface area (Å²) in [7, 11) is 3.21. The fraction of sp³-hybridized carbons (Fsp3) is 0.500. The molecule has 0 radical (unpaired) electrons. The Hall–Kier alpha value is -1.19. The third-order valence-electron chi connectivity index (χ3n) is 1.28. The smallest absolute Gasteiger partial charge is 0.176 e. The van der Waals surface area contributed by atoms with E-state index >= 15 is 0 Å². The van der Waals surface area contributed by atoms with Crippen LogP contribution < -0.4 is 0 Å². The number of rotatable bonds is 5. The van der Waals surface area contributed by atoms with Gasteiger partial charge in [0, 0.05) is 26.6 Å². The van der Waals surface area contributed by atoms with Crippen LogP contribution in [0.3, 0.4) is 0 Å². The van der Waals surface area contributed by atoms with E-state index in [1.165, 1.54) is 6.20 Å². The number of aliphatic imine (C=N–C) groups is 1. The van der Waals surface area contributed by atoms with Crippen LogP contribution in [-0.4, -0.2) is 26.7 Å². The first-order valence-electron chi connectivity index (χ1n) is 5.70. The molecule has 0 saturated carbocycles. The predicted molar refractivity (Wildman–Crippen MR) is 77.5 cm³/mol. The van der Waals surface area contributed by atoms with E-state index in [9.17, 15) is 0 Å². The van der Waals surface area contributed by atoms with Crippen LogP contribution in [0.25, 0.3) is 0 Å². The van der Waals surface area contributed by atoms with Crippen molar-refractivity contribution in [2.45, 2.75) is 34.0 Å². The summed E-state index contributed by atoms with van der Waals surface area (Å²) < 4.78 is 9.66. The minimum atomic E-state index is -0.181. The minimum Gasteiger partial charge on any atom is -0.352 e. The highest BCUT2D eigenvalue weighted by Crippen LogP contribution is 1.90. The van der Waals surface area contributed by atoms with E-state index in [4.69, 9.17) is 9.47 Å². The van der Waals surface area contributed by atoms with Gasteiger partial charge in [0.25, 0.3) is 0 Å². The van der Waals surface area contributed by atoms with Gasteiger partial charge in [-0.1, -0.05) is 32.6 Å². The van der Waals surface area contributed by atoms with Crippen LogP contribution in [0.2, 0.25) is 0 Å². The molecule has 0 saturated heterocycles. The van der Waals surface area contributed by atoms with Gasteiger partial charge >= 0.3 is 0 Å². The Bertz CT molecular complexity index is 204. The summed E-state index contributed by atoms with van der Waals surface area (Å²) >= 11 is 0. The Labute approximate surface area is 107 Å². The summed E-state index contributed by atoms with van der Waals surface area (Å²) in [4.78, 5) is 3.71. The number of nitrogens with zero attached hydrogens (tertiary/aromatic N) is 1. The summed E-state index contributed by atoms with van der Waals surface area (Å²) in [5, 5.41) is 0. The molecule has 0 N–H and O–H groups in total. The maximum atomic E-state index is 4.83. The zero-order valence-electron chi connectivity index (χ0n) is 12.0. The summed E-state index contributed by atoms with van der Waals surface area (Å²) in [6.07, 6.45) is 10.5. The van der Waals surface area contributed by atoms with Crippen LogP contribution in [0.15, 0.2) is 42.1 Å². The highest BCUT2D eigenvalue weighted by Gasteiger charge is 1.93. The molecule has 0 aliphatic carbocycles.